The molecule has 0 aliphatic carbocycles. The zero-order valence-corrected chi connectivity index (χ0v) is 15.7. The molecule has 27 heavy (non-hydrogen) atoms. The van der Waals surface area contributed by atoms with Gasteiger partial charge in [-0.15, -0.1) is 0 Å². The summed E-state index contributed by atoms with van der Waals surface area (Å²) in [5.41, 5.74) is 0.0660. The maximum Gasteiger partial charge on any atom is 0.267 e. The second kappa shape index (κ2) is 7.29. The first-order chi connectivity index (χ1) is 13.2. The van der Waals surface area contributed by atoms with Crippen molar-refractivity contribution in [3.8, 4) is 11.7 Å². The summed E-state index contributed by atoms with van der Waals surface area (Å²) < 4.78 is 5.34. The Morgan fingerprint density at radius 2 is 1.96 bits per heavy atom. The van der Waals surface area contributed by atoms with Crippen LogP contribution < -0.4 is 5.56 Å². The first-order valence-corrected chi connectivity index (χ1v) is 9.88. The quantitative estimate of drug-likeness (QED) is 0.420. The molecule has 4 rings (SSSR count). The van der Waals surface area contributed by atoms with Crippen LogP contribution in [-0.2, 0) is 0 Å². The van der Waals surface area contributed by atoms with Crippen molar-refractivity contribution in [2.75, 3.05) is 6.26 Å². The third kappa shape index (κ3) is 3.22. The molecule has 0 saturated carbocycles. The molecule has 0 unspecified atom stereocenters. The summed E-state index contributed by atoms with van der Waals surface area (Å²) in [5.74, 6) is 0.108. The van der Waals surface area contributed by atoms with Gasteiger partial charge in [-0.3, -0.25) is 4.79 Å². The minimum absolute atomic E-state index is 0.226. The molecule has 9 heteroatoms. The molecule has 3 aromatic heterocycles. The number of hydrogen-bond donors (Lipinski definition) is 1. The maximum atomic E-state index is 12.9. The smallest absolute Gasteiger partial charge is 0.267 e. The van der Waals surface area contributed by atoms with Crippen molar-refractivity contribution in [1.29, 1.82) is 0 Å². The Morgan fingerprint density at radius 3 is 2.67 bits per heavy atom. The van der Waals surface area contributed by atoms with Crippen LogP contribution in [0, 0.1) is 0 Å². The number of aromatic nitrogens is 4. The van der Waals surface area contributed by atoms with E-state index in [2.05, 4.69) is 19.3 Å². The molecular weight excluding hydrogens is 382 g/mol. The van der Waals surface area contributed by atoms with Crippen LogP contribution in [0.2, 0.25) is 0 Å². The van der Waals surface area contributed by atoms with Crippen molar-refractivity contribution in [2.45, 2.75) is 5.16 Å². The van der Waals surface area contributed by atoms with E-state index < -0.39 is 0 Å². The molecule has 0 bridgehead atoms. The van der Waals surface area contributed by atoms with Crippen LogP contribution in [-0.4, -0.2) is 36.5 Å². The largest absolute Gasteiger partial charge is 0.494 e. The molecule has 3 heterocycles. The van der Waals surface area contributed by atoms with Gasteiger partial charge >= 0.3 is 0 Å². The maximum absolute atomic E-state index is 12.9. The number of rotatable bonds is 4. The van der Waals surface area contributed by atoms with E-state index >= 15 is 0 Å². The van der Waals surface area contributed by atoms with Crippen LogP contribution in [0.15, 0.2) is 63.6 Å². The highest BCUT2D eigenvalue weighted by molar-refractivity contribution is 7.98. The van der Waals surface area contributed by atoms with Gasteiger partial charge in [0.05, 0.1) is 5.56 Å². The molecule has 0 amide bonds. The number of pyridine rings is 2. The van der Waals surface area contributed by atoms with Crippen LogP contribution in [0.1, 0.15) is 5.56 Å². The van der Waals surface area contributed by atoms with Crippen molar-refractivity contribution in [2.24, 2.45) is 4.99 Å². The third-order valence-corrected chi connectivity index (χ3v) is 5.15. The summed E-state index contributed by atoms with van der Waals surface area (Å²) in [6.07, 6.45) is 4.95. The van der Waals surface area contributed by atoms with Gasteiger partial charge in [0.1, 0.15) is 5.82 Å². The van der Waals surface area contributed by atoms with Crippen LogP contribution in [0.4, 0.5) is 5.13 Å². The first kappa shape index (κ1) is 17.4. The van der Waals surface area contributed by atoms with Crippen molar-refractivity contribution >= 4 is 45.4 Å². The highest BCUT2D eigenvalue weighted by Crippen LogP contribution is 2.26. The van der Waals surface area contributed by atoms with Gasteiger partial charge in [0, 0.05) is 34.7 Å². The topological polar surface area (TPSA) is 93.3 Å². The van der Waals surface area contributed by atoms with Crippen LogP contribution >= 0.6 is 23.3 Å². The van der Waals surface area contributed by atoms with Gasteiger partial charge in [0.15, 0.2) is 0 Å². The zero-order valence-electron chi connectivity index (χ0n) is 14.1. The van der Waals surface area contributed by atoms with Crippen LogP contribution in [0.5, 0.6) is 5.88 Å². The normalized spacial score (nSPS) is 11.4. The van der Waals surface area contributed by atoms with Gasteiger partial charge in [0.2, 0.25) is 16.2 Å². The second-order valence-corrected chi connectivity index (χ2v) is 6.94. The average molecular weight is 395 g/mol. The number of hydrogen-bond acceptors (Lipinski definition) is 8. The minimum atomic E-state index is -0.348. The van der Waals surface area contributed by atoms with E-state index in [0.717, 1.165) is 0 Å². The van der Waals surface area contributed by atoms with Gasteiger partial charge in [-0.1, -0.05) is 36.0 Å². The summed E-state index contributed by atoms with van der Waals surface area (Å²) in [4.78, 5) is 25.7. The average Bonchev–Trinajstić information content (AvgIpc) is 3.17. The Morgan fingerprint density at radius 1 is 1.19 bits per heavy atom. The van der Waals surface area contributed by atoms with Crippen molar-refractivity contribution < 1.29 is 5.11 Å². The Hall–Kier alpha value is -3.04. The lowest BCUT2D eigenvalue weighted by molar-refractivity contribution is 0.435. The third-order valence-electron chi connectivity index (χ3n) is 3.87. The van der Waals surface area contributed by atoms with E-state index in [-0.39, 0.29) is 11.4 Å². The molecule has 1 aromatic carbocycles. The van der Waals surface area contributed by atoms with E-state index in [1.165, 1.54) is 34.1 Å². The first-order valence-electron chi connectivity index (χ1n) is 7.89. The van der Waals surface area contributed by atoms with Crippen molar-refractivity contribution in [3.63, 3.8) is 0 Å². The summed E-state index contributed by atoms with van der Waals surface area (Å²) in [5, 5.41) is 13.0. The molecule has 0 radical (unpaired) electrons. The molecule has 7 nitrogen and oxygen atoms in total. The van der Waals surface area contributed by atoms with Gasteiger partial charge in [0.25, 0.3) is 5.56 Å². The summed E-state index contributed by atoms with van der Waals surface area (Å²) >= 11 is 2.60. The summed E-state index contributed by atoms with van der Waals surface area (Å²) in [7, 11) is 0. The molecule has 1 N–H and O–H groups in total. The summed E-state index contributed by atoms with van der Waals surface area (Å²) in [6.45, 7) is 0. The standard InChI is InChI=1S/C18H13N5O2S2/c1-26-18-21-17(27-22-18)20-10-13-11-6-2-3-7-12(11)15(24)23(16(13)25)14-8-4-5-9-19-14/h2-10,25H,1H3/b20-10+. The molecule has 0 spiro atoms. The molecule has 0 saturated heterocycles. The fourth-order valence-electron chi connectivity index (χ4n) is 2.65. The highest BCUT2D eigenvalue weighted by Gasteiger charge is 2.16. The Balaban J connectivity index is 1.95. The number of benzene rings is 1. The fourth-order valence-corrected chi connectivity index (χ4v) is 3.72. The van der Waals surface area contributed by atoms with Gasteiger partial charge < -0.3 is 5.11 Å². The number of aromatic hydroxyl groups is 1. The zero-order chi connectivity index (χ0) is 18.8. The van der Waals surface area contributed by atoms with E-state index in [0.29, 0.717) is 32.4 Å². The Bertz CT molecular complexity index is 1200. The van der Waals surface area contributed by atoms with Crippen LogP contribution in [0.25, 0.3) is 16.6 Å². The number of aliphatic imine (C=N–C) groups is 1. The highest BCUT2D eigenvalue weighted by atomic mass is 32.2. The van der Waals surface area contributed by atoms with Gasteiger partial charge in [-0.2, -0.15) is 9.36 Å². The molecule has 4 aromatic rings. The Kier molecular flexibility index (Phi) is 4.69. The van der Waals surface area contributed by atoms with Crippen LogP contribution in [0.3, 0.4) is 0 Å². The van der Waals surface area contributed by atoms with E-state index in [1.54, 1.807) is 48.7 Å². The lowest BCUT2D eigenvalue weighted by Crippen LogP contribution is -2.20. The molecule has 134 valence electrons. The SMILES string of the molecule is CSc1nsc(/N=C/c2c(O)n(-c3ccccn3)c(=O)c3ccccc23)n1. The number of nitrogens with zero attached hydrogens (tertiary/aromatic N) is 5. The number of thioether (sulfide) groups is 1. The molecule has 0 fully saturated rings. The Labute approximate surface area is 162 Å². The fraction of sp³-hybridized carbons (Fsp3) is 0.0556. The van der Waals surface area contributed by atoms with Gasteiger partial charge in [-0.05, 0) is 24.5 Å². The molecule has 0 atom stereocenters. The van der Waals surface area contributed by atoms with E-state index in [4.69, 9.17) is 0 Å². The molecular formula is C18H13N5O2S2. The molecule has 0 aliphatic rings. The van der Waals surface area contributed by atoms with Crippen molar-refractivity contribution in [3.05, 3.63) is 64.6 Å². The number of fused-ring (bicyclic) bond motifs is 1. The predicted octanol–water partition coefficient (Wildman–Crippen LogP) is 3.42. The second-order valence-electron chi connectivity index (χ2n) is 5.43. The van der Waals surface area contributed by atoms with Gasteiger partial charge in [-0.25, -0.2) is 14.5 Å². The summed E-state index contributed by atoms with van der Waals surface area (Å²) in [6, 6.07) is 12.2. The van der Waals surface area contributed by atoms with E-state index in [9.17, 15) is 9.90 Å². The monoisotopic (exact) mass is 395 g/mol. The predicted molar refractivity (Wildman–Crippen MR) is 108 cm³/mol. The lowest BCUT2D eigenvalue weighted by atomic mass is 10.1. The minimum Gasteiger partial charge on any atom is -0.494 e. The van der Waals surface area contributed by atoms with Crippen molar-refractivity contribution in [1.82, 2.24) is 18.9 Å². The van der Waals surface area contributed by atoms with E-state index in [1.807, 2.05) is 6.26 Å². The molecule has 0 aliphatic heterocycles. The lowest BCUT2D eigenvalue weighted by Gasteiger charge is -2.12.